The Morgan fingerprint density at radius 2 is 1.92 bits per heavy atom. The molecule has 1 aromatic heterocycles. The van der Waals surface area contributed by atoms with Crippen molar-refractivity contribution in [2.24, 2.45) is 17.3 Å². The molecule has 7 rings (SSSR count). The number of carbonyl (C=O) groups is 1. The Morgan fingerprint density at radius 1 is 1.19 bits per heavy atom. The molecule has 1 heterocycles. The van der Waals surface area contributed by atoms with Crippen LogP contribution >= 0.6 is 0 Å². The van der Waals surface area contributed by atoms with Crippen LogP contribution in [0.2, 0.25) is 0 Å². The normalized spacial score (nSPS) is 34.6. The van der Waals surface area contributed by atoms with Gasteiger partial charge in [0.2, 0.25) is 5.91 Å². The minimum absolute atomic E-state index is 0.00388. The van der Waals surface area contributed by atoms with Crippen LogP contribution in [0.4, 0.5) is 18.9 Å². The molecule has 5 aliphatic carbocycles. The lowest BCUT2D eigenvalue weighted by molar-refractivity contribution is -0.128. The van der Waals surface area contributed by atoms with E-state index in [9.17, 15) is 18.0 Å². The Bertz CT molecular complexity index is 1150. The van der Waals surface area contributed by atoms with Gasteiger partial charge in [-0.3, -0.25) is 4.79 Å². The highest BCUT2D eigenvalue weighted by Gasteiger charge is 2.71. The van der Waals surface area contributed by atoms with Crippen molar-refractivity contribution in [3.63, 3.8) is 0 Å². The van der Waals surface area contributed by atoms with Gasteiger partial charge in [0, 0.05) is 42.5 Å². The van der Waals surface area contributed by atoms with Crippen molar-refractivity contribution < 1.29 is 27.2 Å². The summed E-state index contributed by atoms with van der Waals surface area (Å²) in [4.78, 5) is 19.7. The quantitative estimate of drug-likeness (QED) is 0.445. The first-order chi connectivity index (χ1) is 17.1. The summed E-state index contributed by atoms with van der Waals surface area (Å²) in [5, 5.41) is 3.94. The predicted molar refractivity (Wildman–Crippen MR) is 126 cm³/mol. The largest absolute Gasteiger partial charge is 0.494 e. The van der Waals surface area contributed by atoms with E-state index < -0.39 is 17.5 Å². The zero-order chi connectivity index (χ0) is 25.3. The van der Waals surface area contributed by atoms with Gasteiger partial charge in [-0.25, -0.2) is 4.39 Å². The van der Waals surface area contributed by atoms with Crippen molar-refractivity contribution in [3.05, 3.63) is 36.0 Å². The molecule has 2 aromatic rings. The summed E-state index contributed by atoms with van der Waals surface area (Å²) in [5.74, 6) is -3.11. The summed E-state index contributed by atoms with van der Waals surface area (Å²) in [7, 11) is 0. The van der Waals surface area contributed by atoms with Crippen molar-refractivity contribution in [2.45, 2.75) is 82.2 Å². The van der Waals surface area contributed by atoms with Gasteiger partial charge in [0.25, 0.3) is 5.89 Å². The van der Waals surface area contributed by atoms with Crippen molar-refractivity contribution in [1.82, 2.24) is 10.1 Å². The molecule has 5 fully saturated rings. The van der Waals surface area contributed by atoms with Gasteiger partial charge in [0.05, 0.1) is 6.61 Å². The van der Waals surface area contributed by atoms with Gasteiger partial charge in [-0.15, -0.1) is 0 Å². The summed E-state index contributed by atoms with van der Waals surface area (Å²) in [6.45, 7) is 3.77. The highest BCUT2D eigenvalue weighted by Crippen LogP contribution is 2.67. The molecule has 0 radical (unpaired) electrons. The lowest BCUT2D eigenvalue weighted by atomic mass is 9.53. The molecule has 9 heteroatoms. The third kappa shape index (κ3) is 3.80. The summed E-state index contributed by atoms with van der Waals surface area (Å²) in [6, 6.07) is 7.58. The number of hydrogen-bond donors (Lipinski definition) is 0. The SMILES string of the molecule is CCOc1cccc(N(CC23CCC(c4noc(C(C)(F)F)n4)(CC2)CC3)C(=O)C2CC3(F)CC23)c1. The Hall–Kier alpha value is -2.58. The van der Waals surface area contributed by atoms with Crippen LogP contribution in [0.3, 0.4) is 0 Å². The van der Waals surface area contributed by atoms with Crippen LogP contribution in [-0.4, -0.2) is 34.9 Å². The Balaban J connectivity index is 1.23. The molecule has 1 amide bonds. The molecule has 6 nitrogen and oxygen atoms in total. The summed E-state index contributed by atoms with van der Waals surface area (Å²) in [6.07, 6.45) is 5.63. The van der Waals surface area contributed by atoms with Crippen LogP contribution in [-0.2, 0) is 16.1 Å². The standard InChI is InChI=1S/C27H32F3N3O3/c1-3-35-18-6-4-5-17(13-18)33(21(34)19-14-27(30)15-20(19)27)16-25-7-10-26(11-8-25,12-9-25)22-31-23(36-32-22)24(2,28)29/h4-6,13,19-20H,3,7-12,14-16H2,1-2H3. The monoisotopic (exact) mass is 503 g/mol. The maximum atomic E-state index is 14.3. The highest BCUT2D eigenvalue weighted by molar-refractivity contribution is 5.97. The van der Waals surface area contributed by atoms with E-state index in [2.05, 4.69) is 10.1 Å². The number of amides is 1. The maximum absolute atomic E-state index is 14.3. The number of benzene rings is 1. The number of rotatable bonds is 8. The second kappa shape index (κ2) is 7.96. The molecule has 194 valence electrons. The van der Waals surface area contributed by atoms with Gasteiger partial charge in [-0.1, -0.05) is 11.2 Å². The Morgan fingerprint density at radius 3 is 2.47 bits per heavy atom. The molecule has 0 aliphatic heterocycles. The van der Waals surface area contributed by atoms with Gasteiger partial charge in [-0.2, -0.15) is 13.8 Å². The highest BCUT2D eigenvalue weighted by atomic mass is 19.3. The molecule has 0 spiro atoms. The third-order valence-corrected chi connectivity index (χ3v) is 9.30. The summed E-state index contributed by atoms with van der Waals surface area (Å²) < 4.78 is 52.3. The number of ether oxygens (including phenoxy) is 1. The van der Waals surface area contributed by atoms with E-state index in [1.54, 1.807) is 0 Å². The lowest BCUT2D eigenvalue weighted by Crippen LogP contribution is -2.53. The van der Waals surface area contributed by atoms with E-state index in [0.29, 0.717) is 37.6 Å². The minimum Gasteiger partial charge on any atom is -0.494 e. The fraction of sp³-hybridized carbons (Fsp3) is 0.667. The number of nitrogens with zero attached hydrogens (tertiary/aromatic N) is 3. The van der Waals surface area contributed by atoms with E-state index in [1.807, 2.05) is 36.1 Å². The molecule has 3 unspecified atom stereocenters. The number of halogens is 3. The van der Waals surface area contributed by atoms with Crippen molar-refractivity contribution in [3.8, 4) is 5.75 Å². The van der Waals surface area contributed by atoms with Crippen LogP contribution in [0.1, 0.15) is 76.9 Å². The van der Waals surface area contributed by atoms with Crippen molar-refractivity contribution in [1.29, 1.82) is 0 Å². The molecular formula is C27H32F3N3O3. The fourth-order valence-electron chi connectivity index (χ4n) is 6.84. The van der Waals surface area contributed by atoms with Crippen molar-refractivity contribution >= 4 is 11.6 Å². The van der Waals surface area contributed by atoms with Gasteiger partial charge < -0.3 is 14.2 Å². The smallest absolute Gasteiger partial charge is 0.322 e. The molecular weight excluding hydrogens is 471 g/mol. The van der Waals surface area contributed by atoms with Gasteiger partial charge in [0.1, 0.15) is 11.4 Å². The number of aromatic nitrogens is 2. The zero-order valence-corrected chi connectivity index (χ0v) is 20.7. The average molecular weight is 504 g/mol. The summed E-state index contributed by atoms with van der Waals surface area (Å²) >= 11 is 0. The second-order valence-electron chi connectivity index (χ2n) is 11.6. The van der Waals surface area contributed by atoms with Gasteiger partial charge in [0.15, 0.2) is 5.82 Å². The lowest BCUT2D eigenvalue weighted by Gasteiger charge is -2.53. The first kappa shape index (κ1) is 23.8. The molecule has 36 heavy (non-hydrogen) atoms. The molecule has 1 aromatic carbocycles. The van der Waals surface area contributed by atoms with Crippen LogP contribution < -0.4 is 9.64 Å². The van der Waals surface area contributed by atoms with E-state index in [4.69, 9.17) is 9.26 Å². The van der Waals surface area contributed by atoms with Gasteiger partial charge >= 0.3 is 5.92 Å². The molecule has 3 atom stereocenters. The number of alkyl halides is 3. The number of anilines is 1. The number of carbonyl (C=O) groups excluding carboxylic acids is 1. The predicted octanol–water partition coefficient (Wildman–Crippen LogP) is 5.95. The van der Waals surface area contributed by atoms with Crippen molar-refractivity contribution in [2.75, 3.05) is 18.1 Å². The molecule has 2 bridgehead atoms. The maximum Gasteiger partial charge on any atom is 0.322 e. The molecule has 5 saturated carbocycles. The first-order valence-corrected chi connectivity index (χ1v) is 13.0. The first-order valence-electron chi connectivity index (χ1n) is 13.0. The molecule has 0 N–H and O–H groups in total. The minimum atomic E-state index is -3.16. The topological polar surface area (TPSA) is 68.5 Å². The van der Waals surface area contributed by atoms with Crippen LogP contribution in [0.25, 0.3) is 0 Å². The third-order valence-electron chi connectivity index (χ3n) is 9.30. The molecule has 5 aliphatic rings. The van der Waals surface area contributed by atoms with Crippen LogP contribution in [0.5, 0.6) is 5.75 Å². The molecule has 0 saturated heterocycles. The Labute approximate surface area is 208 Å². The van der Waals surface area contributed by atoms with E-state index >= 15 is 0 Å². The summed E-state index contributed by atoms with van der Waals surface area (Å²) in [5.41, 5.74) is -0.770. The van der Waals surface area contributed by atoms with Crippen LogP contribution in [0, 0.1) is 17.3 Å². The average Bonchev–Trinajstić information content (AvgIpc) is 3.20. The van der Waals surface area contributed by atoms with E-state index in [-0.39, 0.29) is 28.6 Å². The van der Waals surface area contributed by atoms with Crippen LogP contribution in [0.15, 0.2) is 28.8 Å². The number of fused-ring (bicyclic) bond motifs is 4. The Kier molecular flexibility index (Phi) is 5.26. The van der Waals surface area contributed by atoms with E-state index in [1.165, 1.54) is 0 Å². The second-order valence-corrected chi connectivity index (χ2v) is 11.6. The zero-order valence-electron chi connectivity index (χ0n) is 20.7. The fourth-order valence-corrected chi connectivity index (χ4v) is 6.84. The van der Waals surface area contributed by atoms with Gasteiger partial charge in [-0.05, 0) is 75.8 Å². The van der Waals surface area contributed by atoms with E-state index in [0.717, 1.165) is 51.1 Å². The number of hydrogen-bond acceptors (Lipinski definition) is 5.